The Balaban J connectivity index is 1.33. The summed E-state index contributed by atoms with van der Waals surface area (Å²) in [5.74, 6) is 0.765. The van der Waals surface area contributed by atoms with Crippen LogP contribution in [0.2, 0.25) is 0 Å². The van der Waals surface area contributed by atoms with Gasteiger partial charge in [-0.25, -0.2) is 0 Å². The van der Waals surface area contributed by atoms with E-state index in [0.29, 0.717) is 39.0 Å². The predicted molar refractivity (Wildman–Crippen MR) is 102 cm³/mol. The molecule has 2 fully saturated rings. The van der Waals surface area contributed by atoms with Gasteiger partial charge in [0.15, 0.2) is 0 Å². The van der Waals surface area contributed by atoms with Gasteiger partial charge in [0.2, 0.25) is 17.7 Å². The number of hydrogen-bond acceptors (Lipinski definition) is 3. The van der Waals surface area contributed by atoms with Crippen LogP contribution in [0.1, 0.15) is 36.8 Å². The van der Waals surface area contributed by atoms with Gasteiger partial charge in [-0.05, 0) is 36.5 Å². The van der Waals surface area contributed by atoms with Gasteiger partial charge >= 0.3 is 0 Å². The molecule has 27 heavy (non-hydrogen) atoms. The SMILES string of the molecule is CN1C(=O)CCc2cc(CC(=O)N3CCN(C(=O)C4CCC4)CC3)ccc21. The molecule has 0 bridgehead atoms. The molecule has 0 spiro atoms. The molecule has 2 aliphatic heterocycles. The molecule has 6 heteroatoms. The topological polar surface area (TPSA) is 60.9 Å². The average molecular weight is 369 g/mol. The molecule has 3 aliphatic rings. The number of aryl methyl sites for hydroxylation is 1. The Morgan fingerprint density at radius 2 is 1.74 bits per heavy atom. The summed E-state index contributed by atoms with van der Waals surface area (Å²) in [4.78, 5) is 42.3. The number of piperazine rings is 1. The maximum atomic E-state index is 12.7. The van der Waals surface area contributed by atoms with Gasteiger partial charge in [-0.1, -0.05) is 18.6 Å². The van der Waals surface area contributed by atoms with Crippen molar-refractivity contribution in [3.8, 4) is 0 Å². The zero-order valence-corrected chi connectivity index (χ0v) is 15.9. The highest BCUT2D eigenvalue weighted by atomic mass is 16.2. The van der Waals surface area contributed by atoms with E-state index in [9.17, 15) is 14.4 Å². The van der Waals surface area contributed by atoms with Crippen LogP contribution in [0.3, 0.4) is 0 Å². The fourth-order valence-electron chi connectivity index (χ4n) is 4.20. The third kappa shape index (κ3) is 3.57. The molecule has 3 amide bonds. The van der Waals surface area contributed by atoms with Crippen LogP contribution in [0.25, 0.3) is 0 Å². The molecule has 1 aliphatic carbocycles. The molecule has 0 radical (unpaired) electrons. The third-order valence-corrected chi connectivity index (χ3v) is 6.24. The summed E-state index contributed by atoms with van der Waals surface area (Å²) in [7, 11) is 1.80. The Morgan fingerprint density at radius 1 is 1.04 bits per heavy atom. The maximum Gasteiger partial charge on any atom is 0.227 e. The second-order valence-corrected chi connectivity index (χ2v) is 7.93. The molecular weight excluding hydrogens is 342 g/mol. The lowest BCUT2D eigenvalue weighted by Crippen LogP contribution is -2.52. The van der Waals surface area contributed by atoms with E-state index in [-0.39, 0.29) is 23.6 Å². The first-order valence-corrected chi connectivity index (χ1v) is 9.98. The highest BCUT2D eigenvalue weighted by Crippen LogP contribution is 2.29. The third-order valence-electron chi connectivity index (χ3n) is 6.24. The molecule has 0 N–H and O–H groups in total. The quantitative estimate of drug-likeness (QED) is 0.813. The fourth-order valence-corrected chi connectivity index (χ4v) is 4.20. The molecule has 1 saturated heterocycles. The van der Waals surface area contributed by atoms with Crippen molar-refractivity contribution in [2.75, 3.05) is 38.1 Å². The first-order valence-electron chi connectivity index (χ1n) is 9.98. The monoisotopic (exact) mass is 369 g/mol. The number of carbonyl (C=O) groups excluding carboxylic acids is 3. The van der Waals surface area contributed by atoms with Gasteiger partial charge in [0.25, 0.3) is 0 Å². The number of rotatable bonds is 3. The fraction of sp³-hybridized carbons (Fsp3) is 0.571. The summed E-state index contributed by atoms with van der Waals surface area (Å²) in [5.41, 5.74) is 3.08. The van der Waals surface area contributed by atoms with Crippen LogP contribution >= 0.6 is 0 Å². The minimum absolute atomic E-state index is 0.117. The number of nitrogens with zero attached hydrogens (tertiary/aromatic N) is 3. The number of fused-ring (bicyclic) bond motifs is 1. The second kappa shape index (κ2) is 7.33. The average Bonchev–Trinajstić information content (AvgIpc) is 2.63. The van der Waals surface area contributed by atoms with Gasteiger partial charge in [-0.3, -0.25) is 14.4 Å². The second-order valence-electron chi connectivity index (χ2n) is 7.93. The normalized spacial score (nSPS) is 20.3. The number of hydrogen-bond donors (Lipinski definition) is 0. The highest BCUT2D eigenvalue weighted by Gasteiger charge is 2.32. The molecular formula is C21H27N3O3. The van der Waals surface area contributed by atoms with Crippen LogP contribution in [0.4, 0.5) is 5.69 Å². The molecule has 1 aromatic rings. The van der Waals surface area contributed by atoms with Crippen molar-refractivity contribution >= 4 is 23.4 Å². The summed E-state index contributed by atoms with van der Waals surface area (Å²) >= 11 is 0. The lowest BCUT2D eigenvalue weighted by molar-refractivity contribution is -0.143. The maximum absolute atomic E-state index is 12.7. The molecule has 144 valence electrons. The van der Waals surface area contributed by atoms with E-state index in [1.54, 1.807) is 11.9 Å². The Hall–Kier alpha value is -2.37. The largest absolute Gasteiger partial charge is 0.339 e. The number of benzene rings is 1. The minimum atomic E-state index is 0.117. The number of anilines is 1. The van der Waals surface area contributed by atoms with Gasteiger partial charge in [0.1, 0.15) is 0 Å². The summed E-state index contributed by atoms with van der Waals surface area (Å²) in [6, 6.07) is 5.96. The first kappa shape index (κ1) is 18.0. The molecule has 2 heterocycles. The zero-order valence-electron chi connectivity index (χ0n) is 15.9. The predicted octanol–water partition coefficient (Wildman–Crippen LogP) is 1.61. The number of amides is 3. The number of carbonyl (C=O) groups is 3. The lowest BCUT2D eigenvalue weighted by Gasteiger charge is -2.38. The van der Waals surface area contributed by atoms with Crippen LogP contribution in [-0.4, -0.2) is 60.7 Å². The van der Waals surface area contributed by atoms with Crippen molar-refractivity contribution in [3.05, 3.63) is 29.3 Å². The van der Waals surface area contributed by atoms with E-state index < -0.39 is 0 Å². The lowest BCUT2D eigenvalue weighted by atomic mass is 9.84. The summed E-state index contributed by atoms with van der Waals surface area (Å²) in [5, 5.41) is 0. The summed E-state index contributed by atoms with van der Waals surface area (Å²) < 4.78 is 0. The molecule has 1 aromatic carbocycles. The van der Waals surface area contributed by atoms with E-state index >= 15 is 0 Å². The molecule has 0 atom stereocenters. The van der Waals surface area contributed by atoms with Crippen molar-refractivity contribution in [2.24, 2.45) is 5.92 Å². The van der Waals surface area contributed by atoms with Gasteiger partial charge in [-0.2, -0.15) is 0 Å². The van der Waals surface area contributed by atoms with Gasteiger partial charge in [0, 0.05) is 51.3 Å². The van der Waals surface area contributed by atoms with Gasteiger partial charge in [0.05, 0.1) is 6.42 Å². The molecule has 4 rings (SSSR count). The minimum Gasteiger partial charge on any atom is -0.339 e. The first-order chi connectivity index (χ1) is 13.0. The van der Waals surface area contributed by atoms with Crippen LogP contribution < -0.4 is 4.90 Å². The van der Waals surface area contributed by atoms with Crippen LogP contribution in [0, 0.1) is 5.92 Å². The molecule has 1 saturated carbocycles. The zero-order chi connectivity index (χ0) is 19.0. The Labute approximate surface area is 160 Å². The Morgan fingerprint density at radius 3 is 2.41 bits per heavy atom. The van der Waals surface area contributed by atoms with Gasteiger partial charge < -0.3 is 14.7 Å². The standard InChI is InChI=1S/C21H27N3O3/c1-22-18-7-5-15(13-17(18)6-8-19(22)25)14-20(26)23-9-11-24(12-10-23)21(27)16-3-2-4-16/h5,7,13,16H,2-4,6,8-12,14H2,1H3. The Bertz CT molecular complexity index is 764. The van der Waals surface area contributed by atoms with Crippen molar-refractivity contribution in [1.29, 1.82) is 0 Å². The summed E-state index contributed by atoms with van der Waals surface area (Å²) in [6.45, 7) is 2.55. The smallest absolute Gasteiger partial charge is 0.227 e. The highest BCUT2D eigenvalue weighted by molar-refractivity contribution is 5.96. The molecule has 6 nitrogen and oxygen atoms in total. The van der Waals surface area contributed by atoms with Crippen molar-refractivity contribution in [2.45, 2.75) is 38.5 Å². The van der Waals surface area contributed by atoms with Crippen molar-refractivity contribution in [3.63, 3.8) is 0 Å². The van der Waals surface area contributed by atoms with Crippen LogP contribution in [0.15, 0.2) is 18.2 Å². The van der Waals surface area contributed by atoms with Crippen LogP contribution in [-0.2, 0) is 27.2 Å². The van der Waals surface area contributed by atoms with E-state index in [4.69, 9.17) is 0 Å². The molecule has 0 unspecified atom stereocenters. The van der Waals surface area contributed by atoms with Crippen LogP contribution in [0.5, 0.6) is 0 Å². The van der Waals surface area contributed by atoms with E-state index in [1.165, 1.54) is 6.42 Å². The molecule has 0 aromatic heterocycles. The summed E-state index contributed by atoms with van der Waals surface area (Å²) in [6.07, 6.45) is 4.86. The van der Waals surface area contributed by atoms with Crippen molar-refractivity contribution in [1.82, 2.24) is 9.80 Å². The van der Waals surface area contributed by atoms with E-state index in [2.05, 4.69) is 6.07 Å². The van der Waals surface area contributed by atoms with Crippen molar-refractivity contribution < 1.29 is 14.4 Å². The van der Waals surface area contributed by atoms with E-state index in [1.807, 2.05) is 21.9 Å². The van der Waals surface area contributed by atoms with Gasteiger partial charge in [-0.15, -0.1) is 0 Å². The Kier molecular flexibility index (Phi) is 4.89. The van der Waals surface area contributed by atoms with E-state index in [0.717, 1.165) is 36.1 Å².